The molecule has 0 aromatic heterocycles. The minimum atomic E-state index is 0.0121. The standard InChI is InChI=1S/C17H29N3O/c1-14(2)20-11-4-9-17(13-18,10-12-20)19-15-5-7-16(21-3)8-6-15/h5-8,14,19H,4,9-13,18H2,1-3H3. The lowest BCUT2D eigenvalue weighted by Gasteiger charge is -2.34. The lowest BCUT2D eigenvalue weighted by Crippen LogP contribution is -2.46. The number of nitrogens with two attached hydrogens (primary N) is 1. The summed E-state index contributed by atoms with van der Waals surface area (Å²) in [6, 6.07) is 8.73. The van der Waals surface area contributed by atoms with Crippen molar-refractivity contribution in [3.05, 3.63) is 24.3 Å². The first kappa shape index (κ1) is 16.1. The Morgan fingerprint density at radius 2 is 1.95 bits per heavy atom. The molecule has 0 saturated carbocycles. The first-order valence-corrected chi connectivity index (χ1v) is 7.95. The van der Waals surface area contributed by atoms with E-state index in [9.17, 15) is 0 Å². The van der Waals surface area contributed by atoms with Crippen molar-refractivity contribution in [3.63, 3.8) is 0 Å². The van der Waals surface area contributed by atoms with Crippen LogP contribution in [-0.2, 0) is 0 Å². The molecule has 21 heavy (non-hydrogen) atoms. The number of benzene rings is 1. The van der Waals surface area contributed by atoms with Gasteiger partial charge in [0.1, 0.15) is 5.75 Å². The zero-order valence-electron chi connectivity index (χ0n) is 13.6. The lowest BCUT2D eigenvalue weighted by molar-refractivity contribution is 0.227. The van der Waals surface area contributed by atoms with Crippen molar-refractivity contribution in [2.45, 2.75) is 44.7 Å². The molecule has 118 valence electrons. The van der Waals surface area contributed by atoms with Gasteiger partial charge in [-0.05, 0) is 63.9 Å². The number of nitrogens with zero attached hydrogens (tertiary/aromatic N) is 1. The Bertz CT molecular complexity index is 432. The van der Waals surface area contributed by atoms with E-state index in [1.54, 1.807) is 7.11 Å². The highest BCUT2D eigenvalue weighted by molar-refractivity contribution is 5.48. The van der Waals surface area contributed by atoms with E-state index in [1.165, 1.54) is 13.0 Å². The summed E-state index contributed by atoms with van der Waals surface area (Å²) in [7, 11) is 1.69. The average molecular weight is 291 g/mol. The smallest absolute Gasteiger partial charge is 0.119 e. The van der Waals surface area contributed by atoms with Gasteiger partial charge in [0, 0.05) is 24.8 Å². The van der Waals surface area contributed by atoms with Gasteiger partial charge >= 0.3 is 0 Å². The molecular weight excluding hydrogens is 262 g/mol. The second-order valence-electron chi connectivity index (χ2n) is 6.32. The van der Waals surface area contributed by atoms with Gasteiger partial charge in [0.05, 0.1) is 12.6 Å². The van der Waals surface area contributed by atoms with Crippen LogP contribution >= 0.6 is 0 Å². The number of ether oxygens (including phenoxy) is 1. The number of anilines is 1. The Morgan fingerprint density at radius 1 is 1.24 bits per heavy atom. The lowest BCUT2D eigenvalue weighted by atomic mass is 9.90. The predicted molar refractivity (Wildman–Crippen MR) is 89.0 cm³/mol. The van der Waals surface area contributed by atoms with Crippen LogP contribution < -0.4 is 15.8 Å². The maximum Gasteiger partial charge on any atom is 0.119 e. The molecule has 3 N–H and O–H groups in total. The highest BCUT2D eigenvalue weighted by Crippen LogP contribution is 2.28. The fraction of sp³-hybridized carbons (Fsp3) is 0.647. The maximum atomic E-state index is 6.13. The third-order valence-corrected chi connectivity index (χ3v) is 4.60. The molecular formula is C17H29N3O. The molecule has 2 rings (SSSR count). The van der Waals surface area contributed by atoms with Crippen LogP contribution in [0.1, 0.15) is 33.1 Å². The number of hydrogen-bond acceptors (Lipinski definition) is 4. The van der Waals surface area contributed by atoms with E-state index in [0.717, 1.165) is 30.8 Å². The van der Waals surface area contributed by atoms with E-state index >= 15 is 0 Å². The second-order valence-corrected chi connectivity index (χ2v) is 6.32. The van der Waals surface area contributed by atoms with Crippen molar-refractivity contribution in [3.8, 4) is 5.75 Å². The highest BCUT2D eigenvalue weighted by Gasteiger charge is 2.31. The van der Waals surface area contributed by atoms with Gasteiger partial charge in [0.25, 0.3) is 0 Å². The number of nitrogens with one attached hydrogen (secondary N) is 1. The molecule has 1 heterocycles. The van der Waals surface area contributed by atoms with Crippen LogP contribution in [0.3, 0.4) is 0 Å². The van der Waals surface area contributed by atoms with Crippen molar-refractivity contribution in [1.29, 1.82) is 0 Å². The third kappa shape index (κ3) is 4.11. The van der Waals surface area contributed by atoms with Gasteiger partial charge in [-0.1, -0.05) is 0 Å². The molecule has 4 heteroatoms. The Labute approximate surface area is 128 Å². The number of rotatable bonds is 5. The molecule has 0 radical (unpaired) electrons. The summed E-state index contributed by atoms with van der Waals surface area (Å²) in [5, 5.41) is 3.69. The van der Waals surface area contributed by atoms with Gasteiger partial charge in [-0.3, -0.25) is 0 Å². The van der Waals surface area contributed by atoms with E-state index in [4.69, 9.17) is 10.5 Å². The molecule has 1 saturated heterocycles. The molecule has 0 spiro atoms. The van der Waals surface area contributed by atoms with Crippen LogP contribution in [0.15, 0.2) is 24.3 Å². The Morgan fingerprint density at radius 3 is 2.52 bits per heavy atom. The summed E-state index contributed by atoms with van der Waals surface area (Å²) in [4.78, 5) is 2.55. The summed E-state index contributed by atoms with van der Waals surface area (Å²) >= 11 is 0. The number of methoxy groups -OCH3 is 1. The topological polar surface area (TPSA) is 50.5 Å². The number of hydrogen-bond donors (Lipinski definition) is 2. The molecule has 0 bridgehead atoms. The average Bonchev–Trinajstić information content (AvgIpc) is 2.71. The second kappa shape index (κ2) is 7.14. The van der Waals surface area contributed by atoms with Gasteiger partial charge in [-0.25, -0.2) is 0 Å². The van der Waals surface area contributed by atoms with E-state index in [-0.39, 0.29) is 5.54 Å². The van der Waals surface area contributed by atoms with Crippen molar-refractivity contribution in [2.75, 3.05) is 32.1 Å². The third-order valence-electron chi connectivity index (χ3n) is 4.60. The van der Waals surface area contributed by atoms with E-state index < -0.39 is 0 Å². The van der Waals surface area contributed by atoms with Crippen molar-refractivity contribution in [1.82, 2.24) is 4.90 Å². The minimum Gasteiger partial charge on any atom is -0.497 e. The summed E-state index contributed by atoms with van der Waals surface area (Å²) in [6.07, 6.45) is 3.41. The van der Waals surface area contributed by atoms with Gasteiger partial charge < -0.3 is 20.7 Å². The van der Waals surface area contributed by atoms with Crippen LogP contribution in [0.4, 0.5) is 5.69 Å². The van der Waals surface area contributed by atoms with Crippen LogP contribution in [-0.4, -0.2) is 43.2 Å². The Balaban J connectivity index is 2.06. The molecule has 4 nitrogen and oxygen atoms in total. The van der Waals surface area contributed by atoms with Crippen LogP contribution in [0.2, 0.25) is 0 Å². The molecule has 1 aliphatic heterocycles. The molecule has 1 aliphatic rings. The van der Waals surface area contributed by atoms with E-state index in [1.807, 2.05) is 12.1 Å². The molecule has 1 aromatic carbocycles. The molecule has 1 fully saturated rings. The summed E-state index contributed by atoms with van der Waals surface area (Å²) in [6.45, 7) is 7.49. The van der Waals surface area contributed by atoms with Gasteiger partial charge in [0.15, 0.2) is 0 Å². The first-order chi connectivity index (χ1) is 10.1. The van der Waals surface area contributed by atoms with E-state index in [0.29, 0.717) is 12.6 Å². The van der Waals surface area contributed by atoms with Crippen LogP contribution in [0.5, 0.6) is 5.75 Å². The molecule has 1 unspecified atom stereocenters. The monoisotopic (exact) mass is 291 g/mol. The van der Waals surface area contributed by atoms with Gasteiger partial charge in [0.2, 0.25) is 0 Å². The Hall–Kier alpha value is -1.26. The highest BCUT2D eigenvalue weighted by atomic mass is 16.5. The fourth-order valence-electron chi connectivity index (χ4n) is 3.09. The SMILES string of the molecule is COc1ccc(NC2(CN)CCCN(C(C)C)CC2)cc1. The maximum absolute atomic E-state index is 6.13. The van der Waals surface area contributed by atoms with Gasteiger partial charge in [-0.15, -0.1) is 0 Å². The Kier molecular flexibility index (Phi) is 5.48. The van der Waals surface area contributed by atoms with Gasteiger partial charge in [-0.2, -0.15) is 0 Å². The fourth-order valence-corrected chi connectivity index (χ4v) is 3.09. The molecule has 0 amide bonds. The number of likely N-dealkylation sites (tertiary alicyclic amines) is 1. The van der Waals surface area contributed by atoms with Crippen molar-refractivity contribution < 1.29 is 4.74 Å². The first-order valence-electron chi connectivity index (χ1n) is 7.95. The summed E-state index contributed by atoms with van der Waals surface area (Å²) in [5.41, 5.74) is 7.26. The molecule has 0 aliphatic carbocycles. The molecule has 1 atom stereocenters. The van der Waals surface area contributed by atoms with Crippen molar-refractivity contribution >= 4 is 5.69 Å². The normalized spacial score (nSPS) is 23.9. The minimum absolute atomic E-state index is 0.0121. The zero-order valence-corrected chi connectivity index (χ0v) is 13.6. The summed E-state index contributed by atoms with van der Waals surface area (Å²) in [5.74, 6) is 0.884. The van der Waals surface area contributed by atoms with Crippen LogP contribution in [0, 0.1) is 0 Å². The van der Waals surface area contributed by atoms with Crippen LogP contribution in [0.25, 0.3) is 0 Å². The van der Waals surface area contributed by atoms with Crippen molar-refractivity contribution in [2.24, 2.45) is 5.73 Å². The predicted octanol–water partition coefficient (Wildman–Crippen LogP) is 2.70. The summed E-state index contributed by atoms with van der Waals surface area (Å²) < 4.78 is 5.21. The van der Waals surface area contributed by atoms with E-state index in [2.05, 4.69) is 36.2 Å². The largest absolute Gasteiger partial charge is 0.497 e. The molecule has 1 aromatic rings. The quantitative estimate of drug-likeness (QED) is 0.876. The zero-order chi connectivity index (χ0) is 15.3.